The molecular weight excluding hydrogens is 345 g/mol. The number of hydrogen-bond acceptors (Lipinski definition) is 2. The zero-order valence-corrected chi connectivity index (χ0v) is 12.7. The minimum absolute atomic E-state index is 0.153. The average Bonchev–Trinajstić information content (AvgIpc) is 2.55. The predicted octanol–water partition coefficient (Wildman–Crippen LogP) is 4.58. The van der Waals surface area contributed by atoms with Crippen molar-refractivity contribution in [3.8, 4) is 11.5 Å². The summed E-state index contributed by atoms with van der Waals surface area (Å²) in [6.07, 6.45) is -3.75. The third-order valence-corrected chi connectivity index (χ3v) is 3.15. The number of benzene rings is 2. The topological polar surface area (TPSA) is 38.3 Å². The van der Waals surface area contributed by atoms with Gasteiger partial charge in [0.2, 0.25) is 5.91 Å². The van der Waals surface area contributed by atoms with Crippen LogP contribution in [0, 0.1) is 11.6 Å². The standard InChI is InChI=1S/C17H12F5NO2/c1-2-16(24)23-9-10-3-4-11(7-13(10)17(20,21)22)25-12-5-6-14(18)15(19)8-12/h2-8H,1,9H2,(H,23,24). The Labute approximate surface area is 139 Å². The van der Waals surface area contributed by atoms with Crippen molar-refractivity contribution >= 4 is 5.91 Å². The van der Waals surface area contributed by atoms with Gasteiger partial charge in [0.25, 0.3) is 0 Å². The van der Waals surface area contributed by atoms with Gasteiger partial charge in [0.1, 0.15) is 11.5 Å². The van der Waals surface area contributed by atoms with Crippen LogP contribution in [0.2, 0.25) is 0 Å². The first kappa shape index (κ1) is 18.4. The number of halogens is 5. The molecule has 0 saturated carbocycles. The van der Waals surface area contributed by atoms with Gasteiger partial charge in [-0.25, -0.2) is 8.78 Å². The zero-order chi connectivity index (χ0) is 18.6. The van der Waals surface area contributed by atoms with Crippen LogP contribution in [0.15, 0.2) is 49.1 Å². The Morgan fingerprint density at radius 3 is 2.32 bits per heavy atom. The fourth-order valence-corrected chi connectivity index (χ4v) is 1.97. The molecule has 8 heteroatoms. The van der Waals surface area contributed by atoms with Crippen molar-refractivity contribution in [1.29, 1.82) is 0 Å². The number of rotatable bonds is 5. The van der Waals surface area contributed by atoms with Crippen LogP contribution in [0.5, 0.6) is 11.5 Å². The lowest BCUT2D eigenvalue weighted by molar-refractivity contribution is -0.138. The summed E-state index contributed by atoms with van der Waals surface area (Å²) in [6.45, 7) is 2.85. The Morgan fingerprint density at radius 1 is 1.08 bits per heavy atom. The molecule has 2 aromatic carbocycles. The Hall–Kier alpha value is -2.90. The van der Waals surface area contributed by atoms with Gasteiger partial charge < -0.3 is 10.1 Å². The maximum absolute atomic E-state index is 13.2. The molecule has 0 aromatic heterocycles. The number of amides is 1. The van der Waals surface area contributed by atoms with Gasteiger partial charge in [0.05, 0.1) is 5.56 Å². The highest BCUT2D eigenvalue weighted by Gasteiger charge is 2.33. The molecule has 0 atom stereocenters. The third-order valence-electron chi connectivity index (χ3n) is 3.15. The van der Waals surface area contributed by atoms with Gasteiger partial charge in [-0.1, -0.05) is 12.6 Å². The zero-order valence-electron chi connectivity index (χ0n) is 12.7. The highest BCUT2D eigenvalue weighted by Crippen LogP contribution is 2.35. The van der Waals surface area contributed by atoms with Crippen molar-refractivity contribution in [2.45, 2.75) is 12.7 Å². The molecule has 25 heavy (non-hydrogen) atoms. The number of carbonyl (C=O) groups excluding carboxylic acids is 1. The number of hydrogen-bond donors (Lipinski definition) is 1. The second-order valence-electron chi connectivity index (χ2n) is 4.92. The van der Waals surface area contributed by atoms with E-state index in [1.54, 1.807) is 0 Å². The van der Waals surface area contributed by atoms with Gasteiger partial charge in [-0.3, -0.25) is 4.79 Å². The van der Waals surface area contributed by atoms with E-state index in [9.17, 15) is 26.7 Å². The van der Waals surface area contributed by atoms with Crippen LogP contribution in [0.3, 0.4) is 0 Å². The highest BCUT2D eigenvalue weighted by molar-refractivity contribution is 5.86. The molecule has 132 valence electrons. The monoisotopic (exact) mass is 357 g/mol. The quantitative estimate of drug-likeness (QED) is 0.628. The van der Waals surface area contributed by atoms with Crippen LogP contribution in [0.1, 0.15) is 11.1 Å². The minimum Gasteiger partial charge on any atom is -0.457 e. The van der Waals surface area contributed by atoms with Crippen molar-refractivity contribution in [3.63, 3.8) is 0 Å². The third kappa shape index (κ3) is 4.79. The van der Waals surface area contributed by atoms with E-state index in [-0.39, 0.29) is 23.6 Å². The van der Waals surface area contributed by atoms with Crippen molar-refractivity contribution < 1.29 is 31.5 Å². The van der Waals surface area contributed by atoms with E-state index in [1.807, 2.05) is 0 Å². The molecular formula is C17H12F5NO2. The molecule has 0 bridgehead atoms. The van der Waals surface area contributed by atoms with Gasteiger partial charge in [-0.2, -0.15) is 13.2 Å². The predicted molar refractivity (Wildman–Crippen MR) is 79.9 cm³/mol. The van der Waals surface area contributed by atoms with Crippen LogP contribution >= 0.6 is 0 Å². The average molecular weight is 357 g/mol. The molecule has 0 spiro atoms. The molecule has 0 aliphatic carbocycles. The lowest BCUT2D eigenvalue weighted by Crippen LogP contribution is -2.22. The van der Waals surface area contributed by atoms with Gasteiger partial charge in [-0.05, 0) is 35.9 Å². The maximum Gasteiger partial charge on any atom is 0.416 e. The molecule has 0 aliphatic rings. The van der Waals surface area contributed by atoms with Crippen LogP contribution in [-0.2, 0) is 17.5 Å². The second-order valence-corrected chi connectivity index (χ2v) is 4.92. The van der Waals surface area contributed by atoms with Crippen LogP contribution in [-0.4, -0.2) is 5.91 Å². The first-order valence-corrected chi connectivity index (χ1v) is 6.94. The summed E-state index contributed by atoms with van der Waals surface area (Å²) in [5.41, 5.74) is -1.20. The van der Waals surface area contributed by atoms with Gasteiger partial charge in [-0.15, -0.1) is 0 Å². The number of ether oxygens (including phenoxy) is 1. The van der Waals surface area contributed by atoms with E-state index < -0.39 is 29.3 Å². The molecule has 0 radical (unpaired) electrons. The van der Waals surface area contributed by atoms with Crippen molar-refractivity contribution in [1.82, 2.24) is 5.32 Å². The largest absolute Gasteiger partial charge is 0.457 e. The van der Waals surface area contributed by atoms with E-state index in [0.717, 1.165) is 36.4 Å². The van der Waals surface area contributed by atoms with E-state index in [2.05, 4.69) is 11.9 Å². The Bertz CT molecular complexity index is 802. The molecule has 3 nitrogen and oxygen atoms in total. The van der Waals surface area contributed by atoms with E-state index in [4.69, 9.17) is 4.74 Å². The fourth-order valence-electron chi connectivity index (χ4n) is 1.97. The molecule has 0 fully saturated rings. The van der Waals surface area contributed by atoms with Crippen molar-refractivity contribution in [2.24, 2.45) is 0 Å². The second kappa shape index (κ2) is 7.33. The Morgan fingerprint density at radius 2 is 1.72 bits per heavy atom. The highest BCUT2D eigenvalue weighted by atomic mass is 19.4. The first-order valence-electron chi connectivity index (χ1n) is 6.94. The van der Waals surface area contributed by atoms with Gasteiger partial charge in [0.15, 0.2) is 11.6 Å². The fraction of sp³-hybridized carbons (Fsp3) is 0.118. The molecule has 0 saturated heterocycles. The summed E-state index contributed by atoms with van der Waals surface area (Å²) in [7, 11) is 0. The van der Waals surface area contributed by atoms with Crippen LogP contribution in [0.4, 0.5) is 22.0 Å². The lowest BCUT2D eigenvalue weighted by atomic mass is 10.1. The Kier molecular flexibility index (Phi) is 5.41. The van der Waals surface area contributed by atoms with Crippen LogP contribution < -0.4 is 10.1 Å². The molecule has 0 aliphatic heterocycles. The smallest absolute Gasteiger partial charge is 0.416 e. The van der Waals surface area contributed by atoms with Gasteiger partial charge >= 0.3 is 6.18 Å². The molecule has 2 rings (SSSR count). The SMILES string of the molecule is C=CC(=O)NCc1ccc(Oc2ccc(F)c(F)c2)cc1C(F)(F)F. The summed E-state index contributed by atoms with van der Waals surface area (Å²) < 4.78 is 70.7. The minimum atomic E-state index is -4.69. The summed E-state index contributed by atoms with van der Waals surface area (Å²) in [5, 5.41) is 2.25. The summed E-state index contributed by atoms with van der Waals surface area (Å²) in [5.74, 6) is -3.26. The molecule has 1 amide bonds. The lowest BCUT2D eigenvalue weighted by Gasteiger charge is -2.15. The van der Waals surface area contributed by atoms with Crippen molar-refractivity contribution in [2.75, 3.05) is 0 Å². The van der Waals surface area contributed by atoms with Crippen molar-refractivity contribution in [3.05, 3.63) is 71.8 Å². The summed E-state index contributed by atoms with van der Waals surface area (Å²) in [4.78, 5) is 11.1. The van der Waals surface area contributed by atoms with E-state index >= 15 is 0 Å². The summed E-state index contributed by atoms with van der Waals surface area (Å²) >= 11 is 0. The maximum atomic E-state index is 13.2. The number of nitrogens with one attached hydrogen (secondary N) is 1. The number of carbonyl (C=O) groups is 1. The summed E-state index contributed by atoms with van der Waals surface area (Å²) in [6, 6.07) is 5.68. The van der Waals surface area contributed by atoms with Gasteiger partial charge in [0, 0.05) is 12.6 Å². The molecule has 2 aromatic rings. The molecule has 1 N–H and O–H groups in total. The van der Waals surface area contributed by atoms with E-state index in [1.165, 1.54) is 6.07 Å². The first-order chi connectivity index (χ1) is 11.7. The van der Waals surface area contributed by atoms with E-state index in [0.29, 0.717) is 0 Å². The number of alkyl halides is 3. The molecule has 0 heterocycles. The molecule has 0 unspecified atom stereocenters. The van der Waals surface area contributed by atoms with Crippen LogP contribution in [0.25, 0.3) is 0 Å². The normalized spacial score (nSPS) is 11.1. The Balaban J connectivity index is 2.29.